The molecule has 8 heteroatoms. The van der Waals surface area contributed by atoms with E-state index in [2.05, 4.69) is 5.32 Å². The first-order chi connectivity index (χ1) is 15.3. The van der Waals surface area contributed by atoms with Crippen LogP contribution in [0, 0.1) is 0 Å². The Labute approximate surface area is 186 Å². The normalized spacial score (nSPS) is 12.8. The molecule has 7 nitrogen and oxygen atoms in total. The zero-order valence-electron chi connectivity index (χ0n) is 17.6. The van der Waals surface area contributed by atoms with Gasteiger partial charge in [0.1, 0.15) is 5.75 Å². The lowest BCUT2D eigenvalue weighted by atomic mass is 9.82. The van der Waals surface area contributed by atoms with Crippen LogP contribution in [0.2, 0.25) is 0 Å². The van der Waals surface area contributed by atoms with Crippen molar-refractivity contribution in [1.82, 2.24) is 0 Å². The predicted molar refractivity (Wildman–Crippen MR) is 123 cm³/mol. The van der Waals surface area contributed by atoms with Gasteiger partial charge in [-0.15, -0.1) is 0 Å². The number of ketones is 2. The summed E-state index contributed by atoms with van der Waals surface area (Å²) in [6, 6.07) is 14.4. The maximum Gasteiger partial charge on any atom is 0.196 e. The van der Waals surface area contributed by atoms with Gasteiger partial charge in [-0.25, -0.2) is 8.42 Å². The summed E-state index contributed by atoms with van der Waals surface area (Å²) in [6.07, 6.45) is 0.499. The molecule has 1 aliphatic rings. The summed E-state index contributed by atoms with van der Waals surface area (Å²) >= 11 is 0. The van der Waals surface area contributed by atoms with E-state index in [1.165, 1.54) is 19.2 Å². The van der Waals surface area contributed by atoms with Gasteiger partial charge in [-0.3, -0.25) is 9.59 Å². The van der Waals surface area contributed by atoms with Crippen LogP contribution in [0.5, 0.6) is 5.75 Å². The number of hydrogen-bond donors (Lipinski definition) is 2. The van der Waals surface area contributed by atoms with Crippen LogP contribution in [0.4, 0.5) is 17.1 Å². The molecule has 0 heterocycles. The first kappa shape index (κ1) is 21.6. The second-order valence-corrected chi connectivity index (χ2v) is 9.57. The highest BCUT2D eigenvalue weighted by atomic mass is 32.2. The molecule has 3 aromatic carbocycles. The maximum atomic E-state index is 13.3. The number of ether oxygens (including phenoxy) is 1. The van der Waals surface area contributed by atoms with Crippen LogP contribution >= 0.6 is 0 Å². The molecule has 164 valence electrons. The summed E-state index contributed by atoms with van der Waals surface area (Å²) in [5, 5.41) is 3.10. The summed E-state index contributed by atoms with van der Waals surface area (Å²) in [7, 11) is -2.01. The molecule has 3 N–H and O–H groups in total. The molecule has 0 aromatic heterocycles. The molecule has 4 rings (SSSR count). The van der Waals surface area contributed by atoms with Crippen molar-refractivity contribution in [2.75, 3.05) is 23.9 Å². The van der Waals surface area contributed by atoms with Crippen molar-refractivity contribution in [2.24, 2.45) is 0 Å². The first-order valence-corrected chi connectivity index (χ1v) is 11.7. The molecule has 0 spiro atoms. The van der Waals surface area contributed by atoms with Gasteiger partial charge in [-0.2, -0.15) is 0 Å². The minimum absolute atomic E-state index is 0.0331. The summed E-state index contributed by atoms with van der Waals surface area (Å²) in [5.74, 6) is -0.442. The van der Waals surface area contributed by atoms with Crippen LogP contribution in [-0.2, 0) is 9.84 Å². The highest BCUT2D eigenvalue weighted by Crippen LogP contribution is 2.41. The quantitative estimate of drug-likeness (QED) is 0.427. The average Bonchev–Trinajstić information content (AvgIpc) is 2.78. The van der Waals surface area contributed by atoms with E-state index in [1.807, 2.05) is 0 Å². The third kappa shape index (κ3) is 3.52. The number of carbonyl (C=O) groups is 2. The van der Waals surface area contributed by atoms with E-state index in [0.29, 0.717) is 17.8 Å². The van der Waals surface area contributed by atoms with Crippen molar-refractivity contribution in [3.63, 3.8) is 0 Å². The Morgan fingerprint density at radius 2 is 1.59 bits per heavy atom. The highest BCUT2D eigenvalue weighted by molar-refractivity contribution is 7.91. The second-order valence-electron chi connectivity index (χ2n) is 7.47. The lowest BCUT2D eigenvalue weighted by Gasteiger charge is -2.24. The van der Waals surface area contributed by atoms with Gasteiger partial charge >= 0.3 is 0 Å². The molecule has 3 aromatic rings. The molecule has 0 radical (unpaired) electrons. The van der Waals surface area contributed by atoms with Gasteiger partial charge in [0, 0.05) is 22.9 Å². The van der Waals surface area contributed by atoms with Crippen molar-refractivity contribution >= 4 is 38.5 Å². The summed E-state index contributed by atoms with van der Waals surface area (Å²) in [6.45, 7) is 1.80. The number of nitrogens with one attached hydrogen (secondary N) is 1. The third-order valence-corrected chi connectivity index (χ3v) is 7.28. The standard InChI is InChI=1S/C24H22N2O5S/c1-3-11-32(29,30)15-8-6-7-14(12-15)26-18-13-19(31-2)22(25)21-20(18)23(27)16-9-4-5-10-17(16)24(21)28/h4-10,12-13,26H,3,11,25H2,1-2H3. The lowest BCUT2D eigenvalue weighted by Crippen LogP contribution is -2.24. The summed E-state index contributed by atoms with van der Waals surface area (Å²) in [4.78, 5) is 26.7. The number of benzene rings is 3. The summed E-state index contributed by atoms with van der Waals surface area (Å²) < 4.78 is 30.3. The summed E-state index contributed by atoms with van der Waals surface area (Å²) in [5.41, 5.74) is 7.82. The monoisotopic (exact) mass is 450 g/mol. The van der Waals surface area contributed by atoms with E-state index >= 15 is 0 Å². The minimum atomic E-state index is -3.43. The Kier molecular flexibility index (Phi) is 5.48. The third-order valence-electron chi connectivity index (χ3n) is 5.36. The zero-order chi connectivity index (χ0) is 23.0. The number of rotatable bonds is 6. The molecule has 32 heavy (non-hydrogen) atoms. The Bertz CT molecular complexity index is 1360. The van der Waals surface area contributed by atoms with E-state index in [0.717, 1.165) is 0 Å². The van der Waals surface area contributed by atoms with Crippen molar-refractivity contribution < 1.29 is 22.7 Å². The Morgan fingerprint density at radius 3 is 2.22 bits per heavy atom. The van der Waals surface area contributed by atoms with Crippen molar-refractivity contribution in [1.29, 1.82) is 0 Å². The largest absolute Gasteiger partial charge is 0.494 e. The van der Waals surface area contributed by atoms with E-state index < -0.39 is 9.84 Å². The van der Waals surface area contributed by atoms with Crippen LogP contribution in [0.25, 0.3) is 0 Å². The predicted octanol–water partition coefficient (Wildman–Crippen LogP) is 3.98. The Morgan fingerprint density at radius 1 is 0.938 bits per heavy atom. The van der Waals surface area contributed by atoms with Crippen LogP contribution < -0.4 is 15.8 Å². The number of sulfone groups is 1. The van der Waals surface area contributed by atoms with Gasteiger partial charge in [0.25, 0.3) is 0 Å². The SMILES string of the molecule is CCCS(=O)(=O)c1cccc(Nc2cc(OC)c(N)c3c2C(=O)c2ccccc2C3=O)c1. The fourth-order valence-corrected chi connectivity index (χ4v) is 5.24. The molecular formula is C24H22N2O5S. The lowest BCUT2D eigenvalue weighted by molar-refractivity contribution is 0.0980. The molecule has 0 fully saturated rings. The first-order valence-electron chi connectivity index (χ1n) is 10.1. The number of anilines is 3. The van der Waals surface area contributed by atoms with E-state index in [-0.39, 0.29) is 55.9 Å². The fourth-order valence-electron chi connectivity index (χ4n) is 3.87. The molecule has 0 atom stereocenters. The van der Waals surface area contributed by atoms with E-state index in [9.17, 15) is 18.0 Å². The van der Waals surface area contributed by atoms with E-state index in [1.54, 1.807) is 49.4 Å². The number of nitrogens with two attached hydrogens (primary N) is 1. The number of fused-ring (bicyclic) bond motifs is 2. The van der Waals surface area contributed by atoms with Crippen LogP contribution in [0.15, 0.2) is 59.5 Å². The number of nitrogen functional groups attached to an aromatic ring is 1. The van der Waals surface area contributed by atoms with Gasteiger partial charge < -0.3 is 15.8 Å². The fraction of sp³-hybridized carbons (Fsp3) is 0.167. The van der Waals surface area contributed by atoms with Crippen molar-refractivity contribution in [2.45, 2.75) is 18.2 Å². The van der Waals surface area contributed by atoms with E-state index in [4.69, 9.17) is 10.5 Å². The Hall–Kier alpha value is -3.65. The smallest absolute Gasteiger partial charge is 0.196 e. The molecule has 1 aliphatic carbocycles. The van der Waals surface area contributed by atoms with Gasteiger partial charge in [0.2, 0.25) is 0 Å². The van der Waals surface area contributed by atoms with Gasteiger partial charge in [0.05, 0.1) is 40.3 Å². The van der Waals surface area contributed by atoms with Crippen LogP contribution in [0.1, 0.15) is 45.2 Å². The topological polar surface area (TPSA) is 116 Å². The molecule has 0 unspecified atom stereocenters. The molecule has 0 saturated carbocycles. The number of hydrogen-bond acceptors (Lipinski definition) is 7. The molecule has 0 bridgehead atoms. The number of methoxy groups -OCH3 is 1. The van der Waals surface area contributed by atoms with Crippen molar-refractivity contribution in [3.8, 4) is 5.75 Å². The number of carbonyl (C=O) groups excluding carboxylic acids is 2. The molecule has 0 aliphatic heterocycles. The zero-order valence-corrected chi connectivity index (χ0v) is 18.5. The molecular weight excluding hydrogens is 428 g/mol. The van der Waals surface area contributed by atoms with Gasteiger partial charge in [-0.05, 0) is 24.6 Å². The minimum Gasteiger partial charge on any atom is -0.494 e. The van der Waals surface area contributed by atoms with Crippen molar-refractivity contribution in [3.05, 3.63) is 76.9 Å². The van der Waals surface area contributed by atoms with Crippen LogP contribution in [-0.4, -0.2) is 32.8 Å². The maximum absolute atomic E-state index is 13.3. The van der Waals surface area contributed by atoms with Gasteiger partial charge in [-0.1, -0.05) is 37.3 Å². The Balaban J connectivity index is 1.87. The second kappa shape index (κ2) is 8.12. The average molecular weight is 451 g/mol. The molecule has 0 amide bonds. The molecule has 0 saturated heterocycles. The van der Waals surface area contributed by atoms with Gasteiger partial charge in [0.15, 0.2) is 21.4 Å². The highest BCUT2D eigenvalue weighted by Gasteiger charge is 2.35. The van der Waals surface area contributed by atoms with Crippen LogP contribution in [0.3, 0.4) is 0 Å².